The van der Waals surface area contributed by atoms with Gasteiger partial charge in [-0.3, -0.25) is 14.0 Å². The maximum absolute atomic E-state index is 13.2. The Morgan fingerprint density at radius 1 is 1.17 bits per heavy atom. The Kier molecular flexibility index (Phi) is 4.80. The average Bonchev–Trinajstić information content (AvgIpc) is 3.44. The first-order valence-electron chi connectivity index (χ1n) is 11.1. The van der Waals surface area contributed by atoms with Crippen LogP contribution in [0.15, 0.2) is 12.3 Å². The van der Waals surface area contributed by atoms with E-state index in [1.165, 1.54) is 18.4 Å². The molecule has 3 aliphatic rings. The van der Waals surface area contributed by atoms with E-state index in [2.05, 4.69) is 24.9 Å². The van der Waals surface area contributed by atoms with E-state index in [9.17, 15) is 9.59 Å². The van der Waals surface area contributed by atoms with E-state index in [1.54, 1.807) is 4.90 Å². The third-order valence-electron chi connectivity index (χ3n) is 7.36. The van der Waals surface area contributed by atoms with Crippen molar-refractivity contribution in [2.24, 2.45) is 11.8 Å². The van der Waals surface area contributed by atoms with Gasteiger partial charge in [0.05, 0.1) is 0 Å². The van der Waals surface area contributed by atoms with Crippen molar-refractivity contribution >= 4 is 29.1 Å². The van der Waals surface area contributed by atoms with Crippen molar-refractivity contribution in [2.45, 2.75) is 58.4 Å². The molecule has 2 aromatic rings. The summed E-state index contributed by atoms with van der Waals surface area (Å²) in [5.41, 5.74) is 3.23. The number of nitrogens with zero attached hydrogens (tertiary/aromatic N) is 4. The van der Waals surface area contributed by atoms with Crippen LogP contribution in [0, 0.1) is 18.8 Å². The first-order chi connectivity index (χ1) is 14.3. The van der Waals surface area contributed by atoms with Gasteiger partial charge in [-0.05, 0) is 61.5 Å². The van der Waals surface area contributed by atoms with Gasteiger partial charge < -0.3 is 9.80 Å². The number of imidazole rings is 1. The highest BCUT2D eigenvalue weighted by Crippen LogP contribution is 2.41. The van der Waals surface area contributed by atoms with Crippen molar-refractivity contribution in [1.29, 1.82) is 0 Å². The monoisotopic (exact) mass is 428 g/mol. The van der Waals surface area contributed by atoms with Gasteiger partial charge in [0.15, 0.2) is 5.69 Å². The summed E-state index contributed by atoms with van der Waals surface area (Å²) in [6.07, 6.45) is 6.53. The van der Waals surface area contributed by atoms with Crippen LogP contribution < -0.4 is 0 Å². The standard InChI is InChI=1S/C23H29ClN4O2/c1-13-9-18(10-14(13)2)27-7-6-26(12-19(27)29)23(30)20-21(24)28-11-17(16-4-5-16)8-15(3)22(28)25-20/h8,11,13-14,16,18H,4-7,9-10,12H2,1-3H3. The molecule has 0 N–H and O–H groups in total. The molecule has 6 nitrogen and oxygen atoms in total. The molecule has 1 saturated heterocycles. The van der Waals surface area contributed by atoms with Crippen LogP contribution in [0.1, 0.15) is 67.1 Å². The molecule has 2 atom stereocenters. The topological polar surface area (TPSA) is 57.9 Å². The minimum absolute atomic E-state index is 0.0352. The van der Waals surface area contributed by atoms with Gasteiger partial charge in [-0.25, -0.2) is 4.98 Å². The number of piperazine rings is 1. The summed E-state index contributed by atoms with van der Waals surface area (Å²) >= 11 is 6.60. The Hall–Kier alpha value is -2.08. The first-order valence-corrected chi connectivity index (χ1v) is 11.5. The SMILES string of the molecule is Cc1cc(C2CC2)cn2c(Cl)c(C(=O)N3CCN(C4CC(C)C(C)C4)C(=O)C3)nc12. The number of halogens is 1. The Morgan fingerprint density at radius 3 is 2.50 bits per heavy atom. The second-order valence-corrected chi connectivity index (χ2v) is 9.93. The van der Waals surface area contributed by atoms with E-state index in [1.807, 2.05) is 22.4 Å². The van der Waals surface area contributed by atoms with Gasteiger partial charge >= 0.3 is 0 Å². The van der Waals surface area contributed by atoms with E-state index < -0.39 is 0 Å². The van der Waals surface area contributed by atoms with Crippen LogP contribution in [0.25, 0.3) is 5.65 Å². The highest BCUT2D eigenvalue weighted by molar-refractivity contribution is 6.33. The van der Waals surface area contributed by atoms with Gasteiger partial charge in [0, 0.05) is 25.3 Å². The normalized spacial score (nSPS) is 27.3. The van der Waals surface area contributed by atoms with Crippen molar-refractivity contribution in [3.63, 3.8) is 0 Å². The Balaban J connectivity index is 1.35. The van der Waals surface area contributed by atoms with Crippen LogP contribution in [-0.2, 0) is 4.79 Å². The van der Waals surface area contributed by atoms with E-state index in [0.29, 0.717) is 47.7 Å². The lowest BCUT2D eigenvalue weighted by atomic mass is 10.0. The van der Waals surface area contributed by atoms with Crippen molar-refractivity contribution in [1.82, 2.24) is 19.2 Å². The summed E-state index contributed by atoms with van der Waals surface area (Å²) in [5.74, 6) is 1.66. The Morgan fingerprint density at radius 2 is 1.87 bits per heavy atom. The van der Waals surface area contributed by atoms with Crippen molar-refractivity contribution < 1.29 is 9.59 Å². The molecule has 1 aliphatic heterocycles. The highest BCUT2D eigenvalue weighted by atomic mass is 35.5. The van der Waals surface area contributed by atoms with E-state index in [4.69, 9.17) is 11.6 Å². The molecule has 2 aromatic heterocycles. The molecular formula is C23H29ClN4O2. The summed E-state index contributed by atoms with van der Waals surface area (Å²) in [7, 11) is 0. The number of hydrogen-bond acceptors (Lipinski definition) is 3. The quantitative estimate of drug-likeness (QED) is 0.745. The zero-order valence-electron chi connectivity index (χ0n) is 17.9. The summed E-state index contributed by atoms with van der Waals surface area (Å²) in [5, 5.41) is 0.342. The van der Waals surface area contributed by atoms with Gasteiger partial charge in [-0.1, -0.05) is 31.5 Å². The van der Waals surface area contributed by atoms with Crippen LogP contribution in [0.3, 0.4) is 0 Å². The van der Waals surface area contributed by atoms with Crippen molar-refractivity contribution in [3.05, 3.63) is 34.2 Å². The largest absolute Gasteiger partial charge is 0.336 e. The van der Waals surface area contributed by atoms with Gasteiger partial charge in [0.25, 0.3) is 5.91 Å². The molecule has 30 heavy (non-hydrogen) atoms. The predicted octanol–water partition coefficient (Wildman–Crippen LogP) is 3.89. The smallest absolute Gasteiger partial charge is 0.276 e. The summed E-state index contributed by atoms with van der Waals surface area (Å²) < 4.78 is 1.83. The number of hydrogen-bond donors (Lipinski definition) is 0. The first kappa shape index (κ1) is 19.9. The molecular weight excluding hydrogens is 400 g/mol. The van der Waals surface area contributed by atoms with Gasteiger partial charge in [-0.2, -0.15) is 0 Å². The number of aromatic nitrogens is 2. The van der Waals surface area contributed by atoms with E-state index >= 15 is 0 Å². The Bertz CT molecular complexity index is 1020. The second-order valence-electron chi connectivity index (χ2n) is 9.57. The van der Waals surface area contributed by atoms with Crippen LogP contribution >= 0.6 is 11.6 Å². The fourth-order valence-electron chi connectivity index (χ4n) is 5.16. The van der Waals surface area contributed by atoms with Crippen LogP contribution in [-0.4, -0.2) is 56.7 Å². The lowest BCUT2D eigenvalue weighted by molar-refractivity contribution is -0.137. The number of fused-ring (bicyclic) bond motifs is 1. The van der Waals surface area contributed by atoms with Crippen molar-refractivity contribution in [3.8, 4) is 0 Å². The second kappa shape index (κ2) is 7.26. The van der Waals surface area contributed by atoms with Crippen LogP contribution in [0.4, 0.5) is 0 Å². The molecule has 3 heterocycles. The Labute approximate surface area is 182 Å². The number of aryl methyl sites for hydroxylation is 1. The maximum atomic E-state index is 13.2. The zero-order chi connectivity index (χ0) is 21.2. The fraction of sp³-hybridized carbons (Fsp3) is 0.609. The highest BCUT2D eigenvalue weighted by Gasteiger charge is 2.38. The van der Waals surface area contributed by atoms with Gasteiger partial charge in [0.1, 0.15) is 17.3 Å². The number of rotatable bonds is 3. The lowest BCUT2D eigenvalue weighted by Crippen LogP contribution is -2.55. The molecule has 5 rings (SSSR count). The van der Waals surface area contributed by atoms with Crippen LogP contribution in [0.5, 0.6) is 0 Å². The van der Waals surface area contributed by atoms with Gasteiger partial charge in [-0.15, -0.1) is 0 Å². The van der Waals surface area contributed by atoms with E-state index in [-0.39, 0.29) is 24.1 Å². The fourth-order valence-corrected chi connectivity index (χ4v) is 5.41. The van der Waals surface area contributed by atoms with Gasteiger partial charge in [0.2, 0.25) is 5.91 Å². The molecule has 160 valence electrons. The van der Waals surface area contributed by atoms with Crippen molar-refractivity contribution in [2.75, 3.05) is 19.6 Å². The maximum Gasteiger partial charge on any atom is 0.276 e. The van der Waals surface area contributed by atoms with Crippen LogP contribution in [0.2, 0.25) is 5.15 Å². The molecule has 0 bridgehead atoms. The molecule has 0 aromatic carbocycles. The predicted molar refractivity (Wildman–Crippen MR) is 116 cm³/mol. The number of carbonyl (C=O) groups excluding carboxylic acids is 2. The van der Waals surface area contributed by atoms with E-state index in [0.717, 1.165) is 18.4 Å². The number of amides is 2. The summed E-state index contributed by atoms with van der Waals surface area (Å²) in [6.45, 7) is 7.75. The lowest BCUT2D eigenvalue weighted by Gasteiger charge is -2.37. The average molecular weight is 429 g/mol. The minimum Gasteiger partial charge on any atom is -0.336 e. The molecule has 2 unspecified atom stereocenters. The molecule has 7 heteroatoms. The summed E-state index contributed by atoms with van der Waals surface area (Å²) in [4.78, 5) is 34.2. The number of pyridine rings is 1. The molecule has 2 amide bonds. The third-order valence-corrected chi connectivity index (χ3v) is 7.72. The molecule has 2 aliphatic carbocycles. The zero-order valence-corrected chi connectivity index (χ0v) is 18.7. The molecule has 2 saturated carbocycles. The minimum atomic E-state index is -0.253. The number of carbonyl (C=O) groups is 2. The molecule has 3 fully saturated rings. The molecule has 0 spiro atoms. The third kappa shape index (κ3) is 3.29. The summed E-state index contributed by atoms with van der Waals surface area (Å²) in [6, 6.07) is 2.46. The molecule has 0 radical (unpaired) electrons.